The minimum atomic E-state index is -0.550. The Morgan fingerprint density at radius 2 is 2.13 bits per heavy atom. The summed E-state index contributed by atoms with van der Waals surface area (Å²) in [5, 5.41) is 8.70. The van der Waals surface area contributed by atoms with Crippen LogP contribution in [-0.2, 0) is 4.79 Å². The first-order valence-corrected chi connectivity index (χ1v) is 10.6. The number of hydroxylamine groups is 1. The molecule has 1 fully saturated rings. The molecule has 0 spiro atoms. The first-order valence-electron chi connectivity index (χ1n) is 10.6. The van der Waals surface area contributed by atoms with E-state index in [1.807, 2.05) is 24.3 Å². The maximum absolute atomic E-state index is 11.3. The lowest BCUT2D eigenvalue weighted by atomic mass is 10.0. The van der Waals surface area contributed by atoms with Crippen LogP contribution in [0.25, 0.3) is 28.5 Å². The number of likely N-dealkylation sites (tertiary alicyclic amines) is 1. The van der Waals surface area contributed by atoms with Gasteiger partial charge in [0.25, 0.3) is 5.91 Å². The van der Waals surface area contributed by atoms with E-state index in [1.54, 1.807) is 11.6 Å². The first-order chi connectivity index (χ1) is 14.7. The van der Waals surface area contributed by atoms with Crippen molar-refractivity contribution in [3.63, 3.8) is 0 Å². The zero-order chi connectivity index (χ0) is 20.9. The number of piperidine rings is 1. The molecular weight excluding hydrogens is 376 g/mol. The summed E-state index contributed by atoms with van der Waals surface area (Å²) in [7, 11) is 0. The normalized spacial score (nSPS) is 17.6. The Labute approximate surface area is 176 Å². The molecule has 0 radical (unpaired) electrons. The molecule has 1 unspecified atom stereocenters. The van der Waals surface area contributed by atoms with Crippen LogP contribution in [0.2, 0.25) is 0 Å². The van der Waals surface area contributed by atoms with Crippen LogP contribution in [0.1, 0.15) is 37.8 Å². The molecule has 1 saturated heterocycles. The SMILES string of the molecule is CCCN1CCCC(n2c(-c3cccc(/C=C/C(=O)NO)c3)nc3ccccc32)C1. The van der Waals surface area contributed by atoms with E-state index in [-0.39, 0.29) is 0 Å². The largest absolute Gasteiger partial charge is 0.320 e. The number of hydrogen-bond donors (Lipinski definition) is 2. The molecule has 0 saturated carbocycles. The summed E-state index contributed by atoms with van der Waals surface area (Å²) in [4.78, 5) is 18.9. The maximum atomic E-state index is 11.3. The van der Waals surface area contributed by atoms with Crippen molar-refractivity contribution in [3.05, 3.63) is 60.2 Å². The quantitative estimate of drug-likeness (QED) is 0.366. The number of rotatable bonds is 6. The van der Waals surface area contributed by atoms with Gasteiger partial charge >= 0.3 is 0 Å². The van der Waals surface area contributed by atoms with E-state index in [2.05, 4.69) is 40.7 Å². The van der Waals surface area contributed by atoms with Gasteiger partial charge in [0.1, 0.15) is 5.82 Å². The molecule has 6 nitrogen and oxygen atoms in total. The third kappa shape index (κ3) is 4.30. The van der Waals surface area contributed by atoms with Crippen LogP contribution >= 0.6 is 0 Å². The van der Waals surface area contributed by atoms with E-state index >= 15 is 0 Å². The number of nitrogens with zero attached hydrogens (tertiary/aromatic N) is 3. The van der Waals surface area contributed by atoms with Gasteiger partial charge in [-0.05, 0) is 62.2 Å². The van der Waals surface area contributed by atoms with Crippen molar-refractivity contribution in [1.82, 2.24) is 19.9 Å². The first kappa shape index (κ1) is 20.3. The van der Waals surface area contributed by atoms with Crippen LogP contribution in [-0.4, -0.2) is 45.2 Å². The fraction of sp³-hybridized carbons (Fsp3) is 0.333. The van der Waals surface area contributed by atoms with Crippen molar-refractivity contribution >= 4 is 23.0 Å². The topological polar surface area (TPSA) is 70.4 Å². The molecule has 2 N–H and O–H groups in total. The minimum absolute atomic E-state index is 0.382. The van der Waals surface area contributed by atoms with E-state index in [4.69, 9.17) is 10.2 Å². The van der Waals surface area contributed by atoms with E-state index in [0.717, 1.165) is 47.5 Å². The zero-order valence-corrected chi connectivity index (χ0v) is 17.3. The van der Waals surface area contributed by atoms with Gasteiger partial charge in [-0.3, -0.25) is 10.0 Å². The van der Waals surface area contributed by atoms with E-state index in [9.17, 15) is 4.79 Å². The lowest BCUT2D eigenvalue weighted by Crippen LogP contribution is -2.37. The van der Waals surface area contributed by atoms with Crippen molar-refractivity contribution < 1.29 is 10.0 Å². The molecule has 1 aliphatic rings. The van der Waals surface area contributed by atoms with E-state index < -0.39 is 5.91 Å². The lowest BCUT2D eigenvalue weighted by Gasteiger charge is -2.34. The molecular formula is C24H28N4O2. The molecule has 6 heteroatoms. The van der Waals surface area contributed by atoms with Gasteiger partial charge in [0.05, 0.1) is 11.0 Å². The Hall–Kier alpha value is -2.96. The second kappa shape index (κ2) is 9.24. The summed E-state index contributed by atoms with van der Waals surface area (Å²) >= 11 is 0. The molecule has 2 heterocycles. The summed E-state index contributed by atoms with van der Waals surface area (Å²) < 4.78 is 2.40. The molecule has 30 heavy (non-hydrogen) atoms. The van der Waals surface area contributed by atoms with Gasteiger partial charge in [-0.2, -0.15) is 0 Å². The summed E-state index contributed by atoms with van der Waals surface area (Å²) in [6.07, 6.45) is 6.50. The molecule has 2 aromatic carbocycles. The van der Waals surface area contributed by atoms with Gasteiger partial charge in [-0.25, -0.2) is 10.5 Å². The third-order valence-corrected chi connectivity index (χ3v) is 5.66. The fourth-order valence-corrected chi connectivity index (χ4v) is 4.37. The van der Waals surface area contributed by atoms with Crippen molar-refractivity contribution in [2.75, 3.05) is 19.6 Å². The summed E-state index contributed by atoms with van der Waals surface area (Å²) in [6.45, 7) is 5.57. The van der Waals surface area contributed by atoms with Gasteiger partial charge in [-0.1, -0.05) is 37.3 Å². The van der Waals surface area contributed by atoms with Gasteiger partial charge in [0.15, 0.2) is 0 Å². The van der Waals surface area contributed by atoms with E-state index in [1.165, 1.54) is 25.5 Å². The number of para-hydroxylation sites is 2. The van der Waals surface area contributed by atoms with Crippen LogP contribution in [0.3, 0.4) is 0 Å². The van der Waals surface area contributed by atoms with Crippen molar-refractivity contribution in [3.8, 4) is 11.4 Å². The second-order valence-electron chi connectivity index (χ2n) is 7.83. The average molecular weight is 405 g/mol. The number of carbonyl (C=O) groups is 1. The minimum Gasteiger partial charge on any atom is -0.320 e. The number of fused-ring (bicyclic) bond motifs is 1. The molecule has 1 aliphatic heterocycles. The maximum Gasteiger partial charge on any atom is 0.267 e. The van der Waals surface area contributed by atoms with Gasteiger partial charge in [0, 0.05) is 24.2 Å². The summed E-state index contributed by atoms with van der Waals surface area (Å²) in [6, 6.07) is 16.7. The highest BCUT2D eigenvalue weighted by Gasteiger charge is 2.25. The van der Waals surface area contributed by atoms with Crippen LogP contribution in [0.5, 0.6) is 0 Å². The number of carbonyl (C=O) groups excluding carboxylic acids is 1. The van der Waals surface area contributed by atoms with Crippen molar-refractivity contribution in [2.45, 2.75) is 32.2 Å². The smallest absolute Gasteiger partial charge is 0.267 e. The predicted octanol–water partition coefficient (Wildman–Crippen LogP) is 4.27. The molecule has 3 aromatic rings. The number of benzene rings is 2. The molecule has 1 aromatic heterocycles. The molecule has 0 bridgehead atoms. The van der Waals surface area contributed by atoms with Crippen LogP contribution in [0.4, 0.5) is 0 Å². The fourth-order valence-electron chi connectivity index (χ4n) is 4.37. The van der Waals surface area contributed by atoms with Crippen molar-refractivity contribution in [1.29, 1.82) is 0 Å². The Bertz CT molecular complexity index is 1050. The summed E-state index contributed by atoms with van der Waals surface area (Å²) in [5.41, 5.74) is 5.68. The Kier molecular flexibility index (Phi) is 6.26. The van der Waals surface area contributed by atoms with E-state index in [0.29, 0.717) is 6.04 Å². The standard InChI is InChI=1S/C24H28N4O2/c1-2-14-27-15-6-9-20(17-27)28-22-11-4-3-10-21(22)25-24(28)19-8-5-7-18(16-19)12-13-23(29)26-30/h3-5,7-8,10-13,16,20,30H,2,6,9,14-15,17H2,1H3,(H,26,29)/b13-12+. The molecule has 1 atom stereocenters. The van der Waals surface area contributed by atoms with Gasteiger partial charge in [-0.15, -0.1) is 0 Å². The Morgan fingerprint density at radius 3 is 2.97 bits per heavy atom. The highest BCUT2D eigenvalue weighted by atomic mass is 16.5. The molecule has 1 amide bonds. The number of nitrogens with one attached hydrogen (secondary N) is 1. The Balaban J connectivity index is 1.75. The predicted molar refractivity (Wildman–Crippen MR) is 119 cm³/mol. The molecule has 4 rings (SSSR count). The highest BCUT2D eigenvalue weighted by molar-refractivity contribution is 5.91. The van der Waals surface area contributed by atoms with Gasteiger partial charge in [0.2, 0.25) is 0 Å². The zero-order valence-electron chi connectivity index (χ0n) is 17.3. The highest BCUT2D eigenvalue weighted by Crippen LogP contribution is 2.33. The third-order valence-electron chi connectivity index (χ3n) is 5.66. The molecule has 0 aliphatic carbocycles. The monoisotopic (exact) mass is 404 g/mol. The number of hydrogen-bond acceptors (Lipinski definition) is 4. The summed E-state index contributed by atoms with van der Waals surface area (Å²) in [5.74, 6) is 0.410. The second-order valence-corrected chi connectivity index (χ2v) is 7.83. The van der Waals surface area contributed by atoms with Crippen LogP contribution in [0, 0.1) is 0 Å². The number of amides is 1. The average Bonchev–Trinajstić information content (AvgIpc) is 3.18. The van der Waals surface area contributed by atoms with Crippen LogP contribution < -0.4 is 5.48 Å². The van der Waals surface area contributed by atoms with Crippen molar-refractivity contribution in [2.24, 2.45) is 0 Å². The molecule has 156 valence electrons. The number of aromatic nitrogens is 2. The number of imidazole rings is 1. The van der Waals surface area contributed by atoms with Crippen LogP contribution in [0.15, 0.2) is 54.6 Å². The lowest BCUT2D eigenvalue weighted by molar-refractivity contribution is -0.124. The Morgan fingerprint density at radius 1 is 1.27 bits per heavy atom. The van der Waals surface area contributed by atoms with Gasteiger partial charge < -0.3 is 9.47 Å².